The topological polar surface area (TPSA) is 87.7 Å². The molecule has 3 aliphatic rings. The van der Waals surface area contributed by atoms with Crippen LogP contribution in [0.3, 0.4) is 0 Å². The number of likely N-dealkylation sites (tertiary alicyclic amines) is 1. The molecule has 2 fully saturated rings. The zero-order valence-electron chi connectivity index (χ0n) is 21.5. The van der Waals surface area contributed by atoms with Gasteiger partial charge in [0.05, 0.1) is 31.0 Å². The van der Waals surface area contributed by atoms with Crippen LogP contribution in [0.2, 0.25) is 0 Å². The van der Waals surface area contributed by atoms with Crippen LogP contribution >= 0.6 is 0 Å². The van der Waals surface area contributed by atoms with Gasteiger partial charge in [0.25, 0.3) is 0 Å². The first-order chi connectivity index (χ1) is 18.1. The maximum absolute atomic E-state index is 14.1. The Morgan fingerprint density at radius 3 is 2.54 bits per heavy atom. The molecule has 2 aromatic rings. The van der Waals surface area contributed by atoms with E-state index in [1.807, 2.05) is 12.1 Å². The SMILES string of the molecule is CCOC(=O)CCC(=O)NC1CCCC[C@@H]1C(=O)N1CC[C@@H]2[C@H](c3ccccc3)Nc3ccccc3[C@@H]21. The molecule has 5 rings (SSSR count). The maximum Gasteiger partial charge on any atom is 0.306 e. The second-order valence-electron chi connectivity index (χ2n) is 10.4. The molecular weight excluding hydrogens is 466 g/mol. The van der Waals surface area contributed by atoms with Gasteiger partial charge in [-0.2, -0.15) is 0 Å². The molecule has 7 heteroatoms. The number of rotatable bonds is 7. The summed E-state index contributed by atoms with van der Waals surface area (Å²) in [6, 6.07) is 18.8. The first-order valence-corrected chi connectivity index (χ1v) is 13.7. The molecule has 2 aromatic carbocycles. The minimum absolute atomic E-state index is 0.0113. The minimum atomic E-state index is -0.366. The van der Waals surface area contributed by atoms with E-state index in [1.165, 1.54) is 11.1 Å². The first-order valence-electron chi connectivity index (χ1n) is 13.7. The van der Waals surface area contributed by atoms with Crippen LogP contribution < -0.4 is 10.6 Å². The van der Waals surface area contributed by atoms with E-state index < -0.39 is 0 Å². The fourth-order valence-electron chi connectivity index (χ4n) is 6.50. The van der Waals surface area contributed by atoms with Crippen molar-refractivity contribution in [3.8, 4) is 0 Å². The fraction of sp³-hybridized carbons (Fsp3) is 0.500. The van der Waals surface area contributed by atoms with Gasteiger partial charge in [0.15, 0.2) is 0 Å². The molecule has 7 nitrogen and oxygen atoms in total. The standard InChI is InChI=1S/C30H37N3O4/c1-2-37-27(35)17-16-26(34)31-25-15-9-7-13-22(25)30(36)33-19-18-23-28(20-10-4-3-5-11-20)32-24-14-8-6-12-21(24)29(23)33/h3-6,8,10-12,14,22-23,25,28-29,32H,2,7,9,13,15-19H2,1H3,(H,31,34)/t22-,23+,25?,28-,29-/m0/s1. The third-order valence-corrected chi connectivity index (χ3v) is 8.20. The van der Waals surface area contributed by atoms with Crippen molar-refractivity contribution in [1.82, 2.24) is 10.2 Å². The van der Waals surface area contributed by atoms with E-state index in [2.05, 4.69) is 58.0 Å². The Morgan fingerprint density at radius 1 is 0.973 bits per heavy atom. The van der Waals surface area contributed by atoms with Crippen LogP contribution in [0.15, 0.2) is 54.6 Å². The molecule has 0 spiro atoms. The molecule has 2 N–H and O–H groups in total. The first kappa shape index (κ1) is 25.3. The minimum Gasteiger partial charge on any atom is -0.466 e. The average Bonchev–Trinajstić information content (AvgIpc) is 3.38. The Kier molecular flexibility index (Phi) is 7.77. The van der Waals surface area contributed by atoms with Crippen LogP contribution in [-0.4, -0.2) is 41.9 Å². The van der Waals surface area contributed by atoms with Gasteiger partial charge in [0, 0.05) is 30.6 Å². The van der Waals surface area contributed by atoms with Crippen LogP contribution in [-0.2, 0) is 19.1 Å². The summed E-state index contributed by atoms with van der Waals surface area (Å²) in [5, 5.41) is 6.85. The lowest BCUT2D eigenvalue weighted by atomic mass is 9.79. The van der Waals surface area contributed by atoms with Crippen LogP contribution in [0.5, 0.6) is 0 Å². The number of anilines is 1. The largest absolute Gasteiger partial charge is 0.466 e. The summed E-state index contributed by atoms with van der Waals surface area (Å²) in [6.45, 7) is 2.77. The lowest BCUT2D eigenvalue weighted by molar-refractivity contribution is -0.145. The van der Waals surface area contributed by atoms with Gasteiger partial charge in [0.2, 0.25) is 11.8 Å². The molecule has 37 heavy (non-hydrogen) atoms. The molecule has 1 unspecified atom stereocenters. The monoisotopic (exact) mass is 503 g/mol. The number of nitrogens with one attached hydrogen (secondary N) is 2. The van der Waals surface area contributed by atoms with Crippen LogP contribution in [0, 0.1) is 11.8 Å². The van der Waals surface area contributed by atoms with Crippen molar-refractivity contribution in [2.75, 3.05) is 18.5 Å². The molecule has 196 valence electrons. The summed E-state index contributed by atoms with van der Waals surface area (Å²) >= 11 is 0. The third kappa shape index (κ3) is 5.36. The van der Waals surface area contributed by atoms with E-state index in [1.54, 1.807) is 6.92 Å². The third-order valence-electron chi connectivity index (χ3n) is 8.20. The quantitative estimate of drug-likeness (QED) is 0.532. The van der Waals surface area contributed by atoms with Gasteiger partial charge >= 0.3 is 5.97 Å². The van der Waals surface area contributed by atoms with E-state index in [9.17, 15) is 14.4 Å². The van der Waals surface area contributed by atoms with Crippen molar-refractivity contribution in [2.24, 2.45) is 11.8 Å². The number of ether oxygens (including phenoxy) is 1. The summed E-state index contributed by atoms with van der Waals surface area (Å²) in [5.74, 6) is -0.367. The molecular formula is C30H37N3O4. The highest BCUT2D eigenvalue weighted by Crippen LogP contribution is 2.51. The molecule has 5 atom stereocenters. The zero-order valence-corrected chi connectivity index (χ0v) is 21.5. The number of fused-ring (bicyclic) bond motifs is 3. The fourth-order valence-corrected chi connectivity index (χ4v) is 6.50. The number of carbonyl (C=O) groups excluding carboxylic acids is 3. The van der Waals surface area contributed by atoms with Crippen molar-refractivity contribution >= 4 is 23.5 Å². The number of carbonyl (C=O) groups is 3. The highest BCUT2D eigenvalue weighted by atomic mass is 16.5. The van der Waals surface area contributed by atoms with E-state index >= 15 is 0 Å². The van der Waals surface area contributed by atoms with Crippen LogP contribution in [0.25, 0.3) is 0 Å². The van der Waals surface area contributed by atoms with Gasteiger partial charge in [-0.1, -0.05) is 61.4 Å². The number of hydrogen-bond donors (Lipinski definition) is 2. The van der Waals surface area contributed by atoms with Crippen molar-refractivity contribution in [1.29, 1.82) is 0 Å². The van der Waals surface area contributed by atoms with Gasteiger partial charge in [-0.3, -0.25) is 14.4 Å². The Balaban J connectivity index is 1.34. The second kappa shape index (κ2) is 11.4. The van der Waals surface area contributed by atoms with Crippen molar-refractivity contribution < 1.29 is 19.1 Å². The van der Waals surface area contributed by atoms with Crippen molar-refractivity contribution in [3.63, 3.8) is 0 Å². The lowest BCUT2D eigenvalue weighted by Gasteiger charge is -2.42. The summed E-state index contributed by atoms with van der Waals surface area (Å²) < 4.78 is 4.94. The second-order valence-corrected chi connectivity index (χ2v) is 10.4. The van der Waals surface area contributed by atoms with Crippen LogP contribution in [0.1, 0.15) is 75.1 Å². The highest BCUT2D eigenvalue weighted by Gasteiger charge is 2.48. The van der Waals surface area contributed by atoms with E-state index in [0.717, 1.165) is 37.8 Å². The van der Waals surface area contributed by atoms with Gasteiger partial charge in [-0.25, -0.2) is 0 Å². The summed E-state index contributed by atoms with van der Waals surface area (Å²) in [5.41, 5.74) is 3.51. The summed E-state index contributed by atoms with van der Waals surface area (Å²) in [7, 11) is 0. The smallest absolute Gasteiger partial charge is 0.306 e. The molecule has 1 aliphatic carbocycles. The van der Waals surface area contributed by atoms with Gasteiger partial charge < -0.3 is 20.3 Å². The van der Waals surface area contributed by atoms with E-state index in [-0.39, 0.29) is 60.6 Å². The molecule has 2 heterocycles. The number of esters is 1. The van der Waals surface area contributed by atoms with Gasteiger partial charge in [-0.15, -0.1) is 0 Å². The molecule has 0 bridgehead atoms. The highest BCUT2D eigenvalue weighted by molar-refractivity contribution is 5.84. The van der Waals surface area contributed by atoms with Gasteiger partial charge in [0.1, 0.15) is 0 Å². The van der Waals surface area contributed by atoms with E-state index in [4.69, 9.17) is 4.74 Å². The summed E-state index contributed by atoms with van der Waals surface area (Å²) in [6.07, 6.45) is 4.61. The Morgan fingerprint density at radius 2 is 1.73 bits per heavy atom. The zero-order chi connectivity index (χ0) is 25.8. The number of amides is 2. The van der Waals surface area contributed by atoms with Crippen molar-refractivity contribution in [2.45, 2.75) is 70.0 Å². The number of hydrogen-bond acceptors (Lipinski definition) is 5. The number of benzene rings is 2. The molecule has 0 radical (unpaired) electrons. The Hall–Kier alpha value is -3.35. The molecule has 2 amide bonds. The Labute approximate surface area is 218 Å². The predicted octanol–water partition coefficient (Wildman–Crippen LogP) is 4.76. The predicted molar refractivity (Wildman–Crippen MR) is 142 cm³/mol. The summed E-state index contributed by atoms with van der Waals surface area (Å²) in [4.78, 5) is 40.6. The number of para-hydroxylation sites is 1. The van der Waals surface area contributed by atoms with E-state index in [0.29, 0.717) is 13.2 Å². The molecule has 1 saturated carbocycles. The maximum atomic E-state index is 14.1. The molecule has 2 aliphatic heterocycles. The molecule has 0 aromatic heterocycles. The number of nitrogens with zero attached hydrogens (tertiary/aromatic N) is 1. The average molecular weight is 504 g/mol. The van der Waals surface area contributed by atoms with Crippen molar-refractivity contribution in [3.05, 3.63) is 65.7 Å². The molecule has 1 saturated heterocycles. The van der Waals surface area contributed by atoms with Crippen LogP contribution in [0.4, 0.5) is 5.69 Å². The Bertz CT molecular complexity index is 1120. The normalized spacial score (nSPS) is 26.4. The lowest BCUT2D eigenvalue weighted by Crippen LogP contribution is -2.50. The van der Waals surface area contributed by atoms with Gasteiger partial charge in [-0.05, 0) is 43.4 Å².